The molecule has 1 saturated heterocycles. The number of hydrogen-bond donors (Lipinski definition) is 1. The van der Waals surface area contributed by atoms with E-state index in [1.807, 2.05) is 12.3 Å². The van der Waals surface area contributed by atoms with Gasteiger partial charge < -0.3 is 20.1 Å². The molecule has 1 fully saturated rings. The fourth-order valence-electron chi connectivity index (χ4n) is 3.19. The first-order valence-corrected chi connectivity index (χ1v) is 8.59. The third kappa shape index (κ3) is 2.80. The summed E-state index contributed by atoms with van der Waals surface area (Å²) < 4.78 is 11.9. The van der Waals surface area contributed by atoms with Gasteiger partial charge in [0.05, 0.1) is 19.6 Å². The van der Waals surface area contributed by atoms with E-state index >= 15 is 0 Å². The minimum absolute atomic E-state index is 0.627. The molecule has 0 bridgehead atoms. The van der Waals surface area contributed by atoms with Crippen LogP contribution in [0.3, 0.4) is 0 Å². The van der Waals surface area contributed by atoms with Crippen molar-refractivity contribution in [2.45, 2.75) is 19.8 Å². The van der Waals surface area contributed by atoms with Crippen LogP contribution in [0, 0.1) is 5.92 Å². The first-order chi connectivity index (χ1) is 11.1. The maximum Gasteiger partial charge on any atom is 0.170 e. The highest BCUT2D eigenvalue weighted by Gasteiger charge is 2.23. The van der Waals surface area contributed by atoms with E-state index in [0.29, 0.717) is 17.2 Å². The second-order valence-corrected chi connectivity index (χ2v) is 6.90. The van der Waals surface area contributed by atoms with Crippen LogP contribution >= 0.6 is 15.9 Å². The molecular weight excluding hydrogens is 358 g/mol. The zero-order valence-corrected chi connectivity index (χ0v) is 15.3. The predicted molar refractivity (Wildman–Crippen MR) is 97.6 cm³/mol. The van der Waals surface area contributed by atoms with Gasteiger partial charge in [-0.1, -0.05) is 6.92 Å². The van der Waals surface area contributed by atoms with E-state index in [-0.39, 0.29) is 0 Å². The number of nitrogens with two attached hydrogens (primary N) is 1. The molecule has 0 saturated carbocycles. The molecule has 3 rings (SSSR count). The van der Waals surface area contributed by atoms with Crippen molar-refractivity contribution in [2.75, 3.05) is 37.9 Å². The number of nitrogen functional groups attached to an aromatic ring is 1. The van der Waals surface area contributed by atoms with Crippen LogP contribution in [0.25, 0.3) is 10.8 Å². The van der Waals surface area contributed by atoms with Crippen molar-refractivity contribution in [2.24, 2.45) is 5.92 Å². The van der Waals surface area contributed by atoms with E-state index < -0.39 is 0 Å². The first kappa shape index (κ1) is 16.2. The molecular formula is C17H22BrN3O2. The lowest BCUT2D eigenvalue weighted by molar-refractivity contribution is 0.358. The van der Waals surface area contributed by atoms with Gasteiger partial charge in [0.15, 0.2) is 11.5 Å². The van der Waals surface area contributed by atoms with Crippen LogP contribution < -0.4 is 20.1 Å². The van der Waals surface area contributed by atoms with Gasteiger partial charge in [-0.3, -0.25) is 0 Å². The number of aromatic nitrogens is 1. The number of methoxy groups -OCH3 is 2. The van der Waals surface area contributed by atoms with Crippen molar-refractivity contribution in [3.05, 3.63) is 16.7 Å². The second kappa shape index (κ2) is 6.43. The van der Waals surface area contributed by atoms with Gasteiger partial charge in [0.2, 0.25) is 0 Å². The molecule has 1 aromatic carbocycles. The summed E-state index contributed by atoms with van der Waals surface area (Å²) in [6.45, 7) is 4.30. The van der Waals surface area contributed by atoms with Crippen molar-refractivity contribution >= 4 is 38.2 Å². The summed E-state index contributed by atoms with van der Waals surface area (Å²) in [6, 6.07) is 1.81. The minimum atomic E-state index is 0.627. The van der Waals surface area contributed by atoms with Crippen LogP contribution in [-0.2, 0) is 0 Å². The van der Waals surface area contributed by atoms with Crippen LogP contribution in [0.4, 0.5) is 11.5 Å². The Morgan fingerprint density at radius 2 is 1.91 bits per heavy atom. The number of hydrogen-bond acceptors (Lipinski definition) is 5. The Labute approximate surface area is 144 Å². The Hall–Kier alpha value is -1.69. The first-order valence-electron chi connectivity index (χ1n) is 7.80. The zero-order chi connectivity index (χ0) is 16.6. The summed E-state index contributed by atoms with van der Waals surface area (Å²) in [5.41, 5.74) is 6.99. The zero-order valence-electron chi connectivity index (χ0n) is 13.7. The van der Waals surface area contributed by atoms with Crippen molar-refractivity contribution in [3.8, 4) is 11.5 Å². The number of fused-ring (bicyclic) bond motifs is 1. The monoisotopic (exact) mass is 379 g/mol. The molecule has 23 heavy (non-hydrogen) atoms. The summed E-state index contributed by atoms with van der Waals surface area (Å²) in [6.07, 6.45) is 4.16. The lowest BCUT2D eigenvalue weighted by Crippen LogP contribution is -2.33. The van der Waals surface area contributed by atoms with Crippen LogP contribution in [0.2, 0.25) is 0 Å². The Morgan fingerprint density at radius 1 is 1.22 bits per heavy atom. The predicted octanol–water partition coefficient (Wildman–Crippen LogP) is 3.83. The molecule has 0 amide bonds. The van der Waals surface area contributed by atoms with Crippen LogP contribution in [-0.4, -0.2) is 32.3 Å². The molecule has 2 heterocycles. The molecule has 6 heteroatoms. The highest BCUT2D eigenvalue weighted by molar-refractivity contribution is 9.10. The average Bonchev–Trinajstić information content (AvgIpc) is 2.56. The van der Waals surface area contributed by atoms with Crippen molar-refractivity contribution in [3.63, 3.8) is 0 Å². The van der Waals surface area contributed by atoms with Gasteiger partial charge in [0.25, 0.3) is 0 Å². The molecule has 124 valence electrons. The van der Waals surface area contributed by atoms with Crippen LogP contribution in [0.15, 0.2) is 16.7 Å². The van der Waals surface area contributed by atoms with Gasteiger partial charge >= 0.3 is 0 Å². The van der Waals surface area contributed by atoms with Gasteiger partial charge in [-0.15, -0.1) is 0 Å². The van der Waals surface area contributed by atoms with E-state index in [1.165, 1.54) is 12.8 Å². The largest absolute Gasteiger partial charge is 0.493 e. The van der Waals surface area contributed by atoms with Gasteiger partial charge in [0, 0.05) is 40.9 Å². The van der Waals surface area contributed by atoms with Gasteiger partial charge in [-0.2, -0.15) is 0 Å². The second-order valence-electron chi connectivity index (χ2n) is 6.05. The summed E-state index contributed by atoms with van der Waals surface area (Å²) in [5, 5.41) is 1.83. The molecule has 0 radical (unpaired) electrons. The standard InChI is InChI=1S/C17H22BrN3O2/c1-10-4-6-21(7-5-10)17-15-12(19)8-13(22-2)16(23-3)14(15)11(18)9-20-17/h8-10H,4-7,19H2,1-3H3. The van der Waals surface area contributed by atoms with Crippen molar-refractivity contribution in [1.29, 1.82) is 0 Å². The highest BCUT2D eigenvalue weighted by atomic mass is 79.9. The average molecular weight is 380 g/mol. The number of anilines is 2. The Balaban J connectivity index is 2.23. The van der Waals surface area contributed by atoms with Crippen molar-refractivity contribution in [1.82, 2.24) is 4.98 Å². The van der Waals surface area contributed by atoms with Crippen LogP contribution in [0.5, 0.6) is 11.5 Å². The number of benzene rings is 1. The van der Waals surface area contributed by atoms with Gasteiger partial charge in [-0.25, -0.2) is 4.98 Å². The SMILES string of the molecule is COc1cc(N)c2c(N3CCC(C)CC3)ncc(Br)c2c1OC. The van der Waals surface area contributed by atoms with E-state index in [9.17, 15) is 0 Å². The van der Waals surface area contributed by atoms with Gasteiger partial charge in [0.1, 0.15) is 5.82 Å². The third-order valence-corrected chi connectivity index (χ3v) is 5.15. The topological polar surface area (TPSA) is 60.6 Å². The number of piperidine rings is 1. The minimum Gasteiger partial charge on any atom is -0.493 e. The molecule has 1 aromatic heterocycles. The molecule has 5 nitrogen and oxygen atoms in total. The molecule has 1 aliphatic heterocycles. The highest BCUT2D eigenvalue weighted by Crippen LogP contribution is 2.45. The maximum absolute atomic E-state index is 6.34. The summed E-state index contributed by atoms with van der Waals surface area (Å²) in [4.78, 5) is 6.97. The summed E-state index contributed by atoms with van der Waals surface area (Å²) >= 11 is 3.58. The van der Waals surface area contributed by atoms with E-state index in [4.69, 9.17) is 15.2 Å². The molecule has 1 aliphatic rings. The fourth-order valence-corrected chi connectivity index (χ4v) is 3.67. The number of nitrogens with zero attached hydrogens (tertiary/aromatic N) is 2. The molecule has 0 atom stereocenters. The number of ether oxygens (including phenoxy) is 2. The smallest absolute Gasteiger partial charge is 0.170 e. The number of halogens is 1. The Kier molecular flexibility index (Phi) is 4.53. The van der Waals surface area contributed by atoms with Gasteiger partial charge in [-0.05, 0) is 34.7 Å². The van der Waals surface area contributed by atoms with E-state index in [0.717, 1.165) is 40.1 Å². The van der Waals surface area contributed by atoms with E-state index in [1.54, 1.807) is 14.2 Å². The third-order valence-electron chi connectivity index (χ3n) is 4.55. The Bertz CT molecular complexity index is 728. The molecule has 0 spiro atoms. The van der Waals surface area contributed by atoms with E-state index in [2.05, 4.69) is 32.7 Å². The number of pyridine rings is 1. The molecule has 0 unspecified atom stereocenters. The quantitative estimate of drug-likeness (QED) is 0.820. The molecule has 0 aliphatic carbocycles. The lowest BCUT2D eigenvalue weighted by atomic mass is 9.98. The van der Waals surface area contributed by atoms with Crippen molar-refractivity contribution < 1.29 is 9.47 Å². The normalized spacial score (nSPS) is 15.9. The summed E-state index contributed by atoms with van der Waals surface area (Å²) in [5.74, 6) is 2.99. The maximum atomic E-state index is 6.34. The number of rotatable bonds is 3. The summed E-state index contributed by atoms with van der Waals surface area (Å²) in [7, 11) is 3.26. The van der Waals surface area contributed by atoms with Crippen LogP contribution in [0.1, 0.15) is 19.8 Å². The fraction of sp³-hybridized carbons (Fsp3) is 0.471. The molecule has 2 N–H and O–H groups in total. The lowest BCUT2D eigenvalue weighted by Gasteiger charge is -2.32. The Morgan fingerprint density at radius 3 is 2.52 bits per heavy atom. The molecule has 2 aromatic rings.